The molecule has 0 spiro atoms. The van der Waals surface area contributed by atoms with E-state index in [9.17, 15) is 0 Å². The molecule has 0 bridgehead atoms. The summed E-state index contributed by atoms with van der Waals surface area (Å²) < 4.78 is 1.65. The van der Waals surface area contributed by atoms with Crippen molar-refractivity contribution in [2.24, 2.45) is 5.73 Å². The Morgan fingerprint density at radius 1 is 1.22 bits per heavy atom. The molecule has 2 aromatic rings. The quantitative estimate of drug-likeness (QED) is 0.819. The van der Waals surface area contributed by atoms with Gasteiger partial charge in [-0.15, -0.1) is 5.10 Å². The number of hydrogen-bond acceptors (Lipinski definition) is 4. The molecule has 0 saturated heterocycles. The minimum atomic E-state index is 0.0273. The second kappa shape index (κ2) is 6.09. The maximum atomic E-state index is 8.97. The molecule has 3 N–H and O–H groups in total. The molecule has 0 fully saturated rings. The number of nitrogens with zero attached hydrogens (tertiary/aromatic N) is 3. The summed E-state index contributed by atoms with van der Waals surface area (Å²) in [6.07, 6.45) is 3.90. The summed E-state index contributed by atoms with van der Waals surface area (Å²) in [5, 5.41) is 16.9. The van der Waals surface area contributed by atoms with Gasteiger partial charge in [-0.3, -0.25) is 0 Å². The van der Waals surface area contributed by atoms with Crippen molar-refractivity contribution in [1.29, 1.82) is 0 Å². The zero-order valence-corrected chi connectivity index (χ0v) is 10.0. The van der Waals surface area contributed by atoms with E-state index in [-0.39, 0.29) is 6.61 Å². The van der Waals surface area contributed by atoms with E-state index in [1.165, 1.54) is 0 Å². The van der Waals surface area contributed by atoms with Crippen molar-refractivity contribution in [2.45, 2.75) is 13.1 Å². The Bertz CT molecular complexity index is 519. The van der Waals surface area contributed by atoms with Crippen LogP contribution in [-0.4, -0.2) is 26.7 Å². The normalized spacial score (nSPS) is 11.2. The SMILES string of the molecule is NCc1nnn(CCO)c1/C=C/c1ccccc1. The number of benzene rings is 1. The summed E-state index contributed by atoms with van der Waals surface area (Å²) in [5.74, 6) is 0. The van der Waals surface area contributed by atoms with E-state index in [1.54, 1.807) is 4.68 Å². The summed E-state index contributed by atoms with van der Waals surface area (Å²) in [6, 6.07) is 9.96. The predicted octanol–water partition coefficient (Wildman–Crippen LogP) is 0.899. The monoisotopic (exact) mass is 244 g/mol. The van der Waals surface area contributed by atoms with Gasteiger partial charge in [-0.05, 0) is 11.6 Å². The fourth-order valence-electron chi connectivity index (χ4n) is 1.68. The largest absolute Gasteiger partial charge is 0.394 e. The van der Waals surface area contributed by atoms with E-state index in [4.69, 9.17) is 10.8 Å². The maximum absolute atomic E-state index is 8.97. The number of aliphatic hydroxyl groups is 1. The molecule has 0 atom stereocenters. The molecule has 0 unspecified atom stereocenters. The van der Waals surface area contributed by atoms with Crippen LogP contribution in [0.1, 0.15) is 17.0 Å². The zero-order valence-electron chi connectivity index (χ0n) is 10.0. The summed E-state index contributed by atoms with van der Waals surface area (Å²) in [5.41, 5.74) is 8.29. The highest BCUT2D eigenvalue weighted by molar-refractivity contribution is 5.68. The second-order valence-electron chi connectivity index (χ2n) is 3.82. The summed E-state index contributed by atoms with van der Waals surface area (Å²) in [7, 11) is 0. The Labute approximate surface area is 106 Å². The van der Waals surface area contributed by atoms with Gasteiger partial charge in [0.1, 0.15) is 5.69 Å². The van der Waals surface area contributed by atoms with Crippen LogP contribution in [0, 0.1) is 0 Å². The lowest BCUT2D eigenvalue weighted by Crippen LogP contribution is -2.07. The zero-order chi connectivity index (χ0) is 12.8. The van der Waals surface area contributed by atoms with E-state index in [2.05, 4.69) is 10.3 Å². The first-order valence-corrected chi connectivity index (χ1v) is 5.81. The molecule has 0 saturated carbocycles. The van der Waals surface area contributed by atoms with Crippen molar-refractivity contribution in [3.05, 3.63) is 47.3 Å². The van der Waals surface area contributed by atoms with Crippen LogP contribution in [-0.2, 0) is 13.1 Å². The minimum Gasteiger partial charge on any atom is -0.394 e. The molecular weight excluding hydrogens is 228 g/mol. The van der Waals surface area contributed by atoms with Gasteiger partial charge in [0.15, 0.2) is 0 Å². The Balaban J connectivity index is 2.27. The Morgan fingerprint density at radius 2 is 2.00 bits per heavy atom. The van der Waals surface area contributed by atoms with Crippen LogP contribution < -0.4 is 5.73 Å². The molecule has 1 aromatic carbocycles. The molecule has 2 rings (SSSR count). The second-order valence-corrected chi connectivity index (χ2v) is 3.82. The predicted molar refractivity (Wildman–Crippen MR) is 70.4 cm³/mol. The molecule has 0 aliphatic rings. The molecule has 5 nitrogen and oxygen atoms in total. The van der Waals surface area contributed by atoms with Crippen LogP contribution >= 0.6 is 0 Å². The van der Waals surface area contributed by atoms with Gasteiger partial charge in [-0.25, -0.2) is 4.68 Å². The molecule has 1 heterocycles. The highest BCUT2D eigenvalue weighted by Gasteiger charge is 2.07. The van der Waals surface area contributed by atoms with Gasteiger partial charge in [0.05, 0.1) is 18.8 Å². The smallest absolute Gasteiger partial charge is 0.104 e. The van der Waals surface area contributed by atoms with Crippen molar-refractivity contribution < 1.29 is 5.11 Å². The lowest BCUT2D eigenvalue weighted by atomic mass is 10.2. The molecule has 0 aliphatic heterocycles. The van der Waals surface area contributed by atoms with E-state index >= 15 is 0 Å². The number of rotatable bonds is 5. The van der Waals surface area contributed by atoms with Gasteiger partial charge in [-0.2, -0.15) is 0 Å². The standard InChI is InChI=1S/C13H16N4O/c14-10-12-13(17(8-9-18)16-15-12)7-6-11-4-2-1-3-5-11/h1-7,18H,8-10,14H2/b7-6+. The van der Waals surface area contributed by atoms with Crippen LogP contribution in [0.2, 0.25) is 0 Å². The highest BCUT2D eigenvalue weighted by atomic mass is 16.3. The van der Waals surface area contributed by atoms with Gasteiger partial charge < -0.3 is 10.8 Å². The van der Waals surface area contributed by atoms with E-state index in [1.807, 2.05) is 42.5 Å². The van der Waals surface area contributed by atoms with Crippen molar-refractivity contribution >= 4 is 12.2 Å². The van der Waals surface area contributed by atoms with Gasteiger partial charge in [-0.1, -0.05) is 41.6 Å². The van der Waals surface area contributed by atoms with Gasteiger partial charge in [0.25, 0.3) is 0 Å². The molecule has 94 valence electrons. The first-order valence-electron chi connectivity index (χ1n) is 5.81. The minimum absolute atomic E-state index is 0.0273. The number of hydrogen-bond donors (Lipinski definition) is 2. The van der Waals surface area contributed by atoms with Crippen LogP contribution in [0.3, 0.4) is 0 Å². The third-order valence-corrected chi connectivity index (χ3v) is 2.59. The third kappa shape index (κ3) is 2.82. The average molecular weight is 244 g/mol. The Kier molecular flexibility index (Phi) is 4.22. The van der Waals surface area contributed by atoms with Crippen molar-refractivity contribution in [2.75, 3.05) is 6.61 Å². The summed E-state index contributed by atoms with van der Waals surface area (Å²) in [4.78, 5) is 0. The fraction of sp³-hybridized carbons (Fsp3) is 0.231. The van der Waals surface area contributed by atoms with E-state index < -0.39 is 0 Å². The molecule has 18 heavy (non-hydrogen) atoms. The highest BCUT2D eigenvalue weighted by Crippen LogP contribution is 2.10. The summed E-state index contributed by atoms with van der Waals surface area (Å²) in [6.45, 7) is 0.779. The molecule has 1 aromatic heterocycles. The Morgan fingerprint density at radius 3 is 2.67 bits per heavy atom. The molecule has 0 radical (unpaired) electrons. The maximum Gasteiger partial charge on any atom is 0.104 e. The van der Waals surface area contributed by atoms with Crippen LogP contribution in [0.5, 0.6) is 0 Å². The number of nitrogens with two attached hydrogens (primary N) is 1. The average Bonchev–Trinajstić information content (AvgIpc) is 2.80. The Hall–Kier alpha value is -1.98. The van der Waals surface area contributed by atoms with Gasteiger partial charge in [0.2, 0.25) is 0 Å². The van der Waals surface area contributed by atoms with Crippen LogP contribution in [0.4, 0.5) is 0 Å². The van der Waals surface area contributed by atoms with Gasteiger partial charge in [0, 0.05) is 6.54 Å². The fourth-order valence-corrected chi connectivity index (χ4v) is 1.68. The van der Waals surface area contributed by atoms with Crippen LogP contribution in [0.25, 0.3) is 12.2 Å². The topological polar surface area (TPSA) is 77.0 Å². The van der Waals surface area contributed by atoms with Crippen LogP contribution in [0.15, 0.2) is 30.3 Å². The van der Waals surface area contributed by atoms with Crippen molar-refractivity contribution in [3.63, 3.8) is 0 Å². The molecule has 0 amide bonds. The first kappa shape index (κ1) is 12.5. The number of aliphatic hydroxyl groups excluding tert-OH is 1. The molecule has 0 aliphatic carbocycles. The number of aromatic nitrogens is 3. The summed E-state index contributed by atoms with van der Waals surface area (Å²) >= 11 is 0. The third-order valence-electron chi connectivity index (χ3n) is 2.59. The lowest BCUT2D eigenvalue weighted by molar-refractivity contribution is 0.267. The van der Waals surface area contributed by atoms with Crippen molar-refractivity contribution in [1.82, 2.24) is 15.0 Å². The van der Waals surface area contributed by atoms with Gasteiger partial charge >= 0.3 is 0 Å². The molecular formula is C13H16N4O. The van der Waals surface area contributed by atoms with E-state index in [0.717, 1.165) is 17.0 Å². The van der Waals surface area contributed by atoms with Crippen molar-refractivity contribution in [3.8, 4) is 0 Å². The van der Waals surface area contributed by atoms with E-state index in [0.29, 0.717) is 13.1 Å². The lowest BCUT2D eigenvalue weighted by Gasteiger charge is -2.01. The first-order chi connectivity index (χ1) is 8.85. The molecule has 5 heteroatoms.